The third-order valence-corrected chi connectivity index (χ3v) is 2.52. The molecule has 5 heteroatoms. The number of hydrogen-bond acceptors (Lipinski definition) is 5. The molecule has 0 amide bonds. The minimum atomic E-state index is -0.601. The van der Waals surface area contributed by atoms with Crippen molar-refractivity contribution in [2.45, 2.75) is 65.1 Å². The molecule has 0 spiro atoms. The highest BCUT2D eigenvalue weighted by atomic mass is 16.5. The summed E-state index contributed by atoms with van der Waals surface area (Å²) in [6, 6.07) is -0.00171. The van der Waals surface area contributed by atoms with Gasteiger partial charge in [0.1, 0.15) is 0 Å². The Kier molecular flexibility index (Phi) is 8.54. The lowest BCUT2D eigenvalue weighted by Gasteiger charge is -2.16. The van der Waals surface area contributed by atoms with Crippen molar-refractivity contribution in [2.75, 3.05) is 13.7 Å². The van der Waals surface area contributed by atoms with Gasteiger partial charge in [0.15, 0.2) is 5.72 Å². The molecule has 1 atom stereocenters. The molecule has 0 aliphatic rings. The molecule has 0 rings (SSSR count). The van der Waals surface area contributed by atoms with Crippen molar-refractivity contribution in [3.05, 3.63) is 0 Å². The molecule has 0 aliphatic carbocycles. The van der Waals surface area contributed by atoms with Crippen LogP contribution in [0, 0.1) is 0 Å². The third kappa shape index (κ3) is 9.10. The summed E-state index contributed by atoms with van der Waals surface area (Å²) >= 11 is 0. The molecule has 0 aliphatic heterocycles. The van der Waals surface area contributed by atoms with Crippen molar-refractivity contribution in [3.63, 3.8) is 0 Å². The molecule has 1 unspecified atom stereocenters. The molecule has 0 saturated heterocycles. The lowest BCUT2D eigenvalue weighted by Crippen LogP contribution is -2.19. The number of nitrogens with zero attached hydrogens (tertiary/aromatic N) is 2. The number of hydrogen-bond donors (Lipinski definition) is 0. The summed E-state index contributed by atoms with van der Waals surface area (Å²) < 4.78 is 10.2. The number of rotatable bonds is 9. The first-order chi connectivity index (χ1) is 8.41. The summed E-state index contributed by atoms with van der Waals surface area (Å²) in [5.74, 6) is -0.156. The van der Waals surface area contributed by atoms with Gasteiger partial charge in [-0.3, -0.25) is 4.79 Å². The number of carbonyl (C=O) groups excluding carboxylic acids is 1. The Morgan fingerprint density at radius 1 is 1.39 bits per heavy atom. The number of azo groups is 1. The minimum absolute atomic E-state index is 0.00171. The maximum atomic E-state index is 11.4. The fraction of sp³-hybridized carbons (Fsp3) is 0.923. The van der Waals surface area contributed by atoms with Crippen LogP contribution >= 0.6 is 0 Å². The van der Waals surface area contributed by atoms with E-state index in [9.17, 15) is 4.79 Å². The zero-order chi connectivity index (χ0) is 14.0. The number of carbonyl (C=O) groups is 1. The maximum Gasteiger partial charge on any atom is 0.305 e. The molecule has 18 heavy (non-hydrogen) atoms. The molecule has 0 saturated carbocycles. The second kappa shape index (κ2) is 9.03. The number of esters is 1. The number of methoxy groups -OCH3 is 1. The first-order valence-corrected chi connectivity index (χ1v) is 6.54. The zero-order valence-electron chi connectivity index (χ0n) is 12.2. The smallest absolute Gasteiger partial charge is 0.305 e. The fourth-order valence-electron chi connectivity index (χ4n) is 1.07. The van der Waals surface area contributed by atoms with E-state index in [1.165, 1.54) is 0 Å². The highest BCUT2D eigenvalue weighted by Crippen LogP contribution is 2.12. The monoisotopic (exact) mass is 258 g/mol. The molecule has 0 bridgehead atoms. The van der Waals surface area contributed by atoms with Gasteiger partial charge in [-0.1, -0.05) is 13.3 Å². The van der Waals surface area contributed by atoms with E-state index in [2.05, 4.69) is 17.2 Å². The first kappa shape index (κ1) is 17.0. The normalized spacial score (nSPS) is 13.8. The predicted molar refractivity (Wildman–Crippen MR) is 70.5 cm³/mol. The SMILES string of the molecule is CCCCOC(=O)CCC(C)N=NC(C)(C)OC. The largest absolute Gasteiger partial charge is 0.466 e. The van der Waals surface area contributed by atoms with Gasteiger partial charge in [-0.25, -0.2) is 0 Å². The fourth-order valence-corrected chi connectivity index (χ4v) is 1.07. The summed E-state index contributed by atoms with van der Waals surface area (Å²) in [4.78, 5) is 11.4. The van der Waals surface area contributed by atoms with Gasteiger partial charge in [-0.15, -0.1) is 0 Å². The van der Waals surface area contributed by atoms with Gasteiger partial charge in [0.25, 0.3) is 0 Å². The van der Waals surface area contributed by atoms with Crippen LogP contribution in [0.2, 0.25) is 0 Å². The average Bonchev–Trinajstić information content (AvgIpc) is 2.34. The van der Waals surface area contributed by atoms with Crippen LogP contribution in [0.25, 0.3) is 0 Å². The highest BCUT2D eigenvalue weighted by Gasteiger charge is 2.15. The molecule has 0 aromatic heterocycles. The molecular weight excluding hydrogens is 232 g/mol. The van der Waals surface area contributed by atoms with Crippen molar-refractivity contribution in [1.29, 1.82) is 0 Å². The molecule has 0 aromatic carbocycles. The highest BCUT2D eigenvalue weighted by molar-refractivity contribution is 5.69. The standard InChI is InChI=1S/C13H26N2O3/c1-6-7-10-18-12(16)9-8-11(2)14-15-13(3,4)17-5/h11H,6-10H2,1-5H3. The molecular formula is C13H26N2O3. The second-order valence-electron chi connectivity index (χ2n) is 4.83. The summed E-state index contributed by atoms with van der Waals surface area (Å²) in [6.07, 6.45) is 2.98. The average molecular weight is 258 g/mol. The van der Waals surface area contributed by atoms with Crippen molar-refractivity contribution in [1.82, 2.24) is 0 Å². The Labute approximate surface area is 110 Å². The van der Waals surface area contributed by atoms with E-state index in [-0.39, 0.29) is 12.0 Å². The van der Waals surface area contributed by atoms with Crippen LogP contribution in [-0.2, 0) is 14.3 Å². The van der Waals surface area contributed by atoms with E-state index >= 15 is 0 Å². The van der Waals surface area contributed by atoms with Crippen molar-refractivity contribution in [3.8, 4) is 0 Å². The van der Waals surface area contributed by atoms with Crippen LogP contribution in [-0.4, -0.2) is 31.5 Å². The minimum Gasteiger partial charge on any atom is -0.466 e. The summed E-state index contributed by atoms with van der Waals surface area (Å²) in [7, 11) is 1.59. The molecule has 0 radical (unpaired) electrons. The van der Waals surface area contributed by atoms with Gasteiger partial charge in [-0.05, 0) is 33.6 Å². The van der Waals surface area contributed by atoms with E-state index in [1.807, 2.05) is 20.8 Å². The lowest BCUT2D eigenvalue weighted by atomic mass is 10.2. The lowest BCUT2D eigenvalue weighted by molar-refractivity contribution is -0.143. The Balaban J connectivity index is 3.82. The summed E-state index contributed by atoms with van der Waals surface area (Å²) in [5, 5.41) is 8.21. The molecule has 106 valence electrons. The quantitative estimate of drug-likeness (QED) is 0.362. The van der Waals surface area contributed by atoms with Gasteiger partial charge in [0.2, 0.25) is 0 Å². The van der Waals surface area contributed by atoms with Crippen LogP contribution in [0.4, 0.5) is 0 Å². The van der Waals surface area contributed by atoms with E-state index in [1.54, 1.807) is 7.11 Å². The molecule has 0 heterocycles. The Bertz CT molecular complexity index is 265. The van der Waals surface area contributed by atoms with Crippen LogP contribution in [0.1, 0.15) is 53.4 Å². The summed E-state index contributed by atoms with van der Waals surface area (Å²) in [6.45, 7) is 8.18. The van der Waals surface area contributed by atoms with Gasteiger partial charge < -0.3 is 9.47 Å². The van der Waals surface area contributed by atoms with Crippen LogP contribution in [0.3, 0.4) is 0 Å². The third-order valence-electron chi connectivity index (χ3n) is 2.52. The Morgan fingerprint density at radius 2 is 2.06 bits per heavy atom. The van der Waals surface area contributed by atoms with Crippen molar-refractivity contribution in [2.24, 2.45) is 10.2 Å². The van der Waals surface area contributed by atoms with E-state index in [0.29, 0.717) is 19.4 Å². The molecule has 5 nitrogen and oxygen atoms in total. The number of unbranched alkanes of at least 4 members (excludes halogenated alkanes) is 1. The predicted octanol–water partition coefficient (Wildman–Crippen LogP) is 3.33. The van der Waals surface area contributed by atoms with Crippen LogP contribution < -0.4 is 0 Å². The Morgan fingerprint density at radius 3 is 2.61 bits per heavy atom. The second-order valence-corrected chi connectivity index (χ2v) is 4.83. The topological polar surface area (TPSA) is 60.2 Å². The first-order valence-electron chi connectivity index (χ1n) is 6.54. The van der Waals surface area contributed by atoms with Crippen LogP contribution in [0.15, 0.2) is 10.2 Å². The maximum absolute atomic E-state index is 11.4. The number of ether oxygens (including phenoxy) is 2. The van der Waals surface area contributed by atoms with E-state index in [0.717, 1.165) is 12.8 Å². The van der Waals surface area contributed by atoms with Gasteiger partial charge in [0, 0.05) is 13.5 Å². The zero-order valence-corrected chi connectivity index (χ0v) is 12.2. The van der Waals surface area contributed by atoms with Gasteiger partial charge in [0.05, 0.1) is 12.6 Å². The van der Waals surface area contributed by atoms with Crippen molar-refractivity contribution >= 4 is 5.97 Å². The molecule has 0 N–H and O–H groups in total. The van der Waals surface area contributed by atoms with E-state index < -0.39 is 5.72 Å². The summed E-state index contributed by atoms with van der Waals surface area (Å²) in [5.41, 5.74) is -0.601. The molecule has 0 fully saturated rings. The Hall–Kier alpha value is -0.970. The van der Waals surface area contributed by atoms with Crippen LogP contribution in [0.5, 0.6) is 0 Å². The van der Waals surface area contributed by atoms with Crippen molar-refractivity contribution < 1.29 is 14.3 Å². The van der Waals surface area contributed by atoms with E-state index in [4.69, 9.17) is 9.47 Å². The van der Waals surface area contributed by atoms with Gasteiger partial charge >= 0.3 is 5.97 Å². The van der Waals surface area contributed by atoms with Gasteiger partial charge in [-0.2, -0.15) is 10.2 Å². The molecule has 0 aromatic rings.